The Labute approximate surface area is 116 Å². The van der Waals surface area contributed by atoms with Crippen LogP contribution in [0.1, 0.15) is 25.5 Å². The van der Waals surface area contributed by atoms with Crippen molar-refractivity contribution in [2.45, 2.75) is 26.0 Å². The van der Waals surface area contributed by atoms with Gasteiger partial charge in [0.1, 0.15) is 0 Å². The first kappa shape index (κ1) is 13.2. The second-order valence-corrected chi connectivity index (χ2v) is 6.56. The van der Waals surface area contributed by atoms with E-state index in [4.69, 9.17) is 0 Å². The average Bonchev–Trinajstić information content (AvgIpc) is 2.30. The third-order valence-electron chi connectivity index (χ3n) is 3.12. The number of hydrogen-bond acceptors (Lipinski definition) is 3. The van der Waals surface area contributed by atoms with Gasteiger partial charge < -0.3 is 10.0 Å². The molecule has 0 bridgehead atoms. The number of halogens is 1. The molecule has 1 aromatic carbocycles. The lowest BCUT2D eigenvalue weighted by atomic mass is 10.1. The van der Waals surface area contributed by atoms with Gasteiger partial charge in [-0.05, 0) is 32.0 Å². The Morgan fingerprint density at radius 2 is 2.29 bits per heavy atom. The number of benzene rings is 1. The zero-order chi connectivity index (χ0) is 12.4. The quantitative estimate of drug-likeness (QED) is 0.904. The topological polar surface area (TPSA) is 23.5 Å². The van der Waals surface area contributed by atoms with E-state index in [1.807, 2.05) is 24.8 Å². The van der Waals surface area contributed by atoms with Gasteiger partial charge in [0.15, 0.2) is 0 Å². The van der Waals surface area contributed by atoms with Crippen LogP contribution in [0.15, 0.2) is 22.7 Å². The zero-order valence-corrected chi connectivity index (χ0v) is 12.6. The van der Waals surface area contributed by atoms with Gasteiger partial charge in [-0.2, -0.15) is 11.8 Å². The third kappa shape index (κ3) is 2.98. The summed E-state index contributed by atoms with van der Waals surface area (Å²) in [5.41, 5.74) is 2.19. The molecule has 1 heterocycles. The van der Waals surface area contributed by atoms with Gasteiger partial charge in [0, 0.05) is 39.8 Å². The first-order valence-corrected chi connectivity index (χ1v) is 7.86. The zero-order valence-electron chi connectivity index (χ0n) is 10.2. The minimum absolute atomic E-state index is 0.427. The van der Waals surface area contributed by atoms with Gasteiger partial charge in [0.2, 0.25) is 0 Å². The van der Waals surface area contributed by atoms with Crippen LogP contribution in [-0.2, 0) is 0 Å². The van der Waals surface area contributed by atoms with Crippen molar-refractivity contribution in [3.05, 3.63) is 28.2 Å². The van der Waals surface area contributed by atoms with E-state index >= 15 is 0 Å². The summed E-state index contributed by atoms with van der Waals surface area (Å²) in [5, 5.41) is 9.89. The summed E-state index contributed by atoms with van der Waals surface area (Å²) in [4.78, 5) is 2.41. The van der Waals surface area contributed by atoms with Gasteiger partial charge in [0.05, 0.1) is 6.10 Å². The van der Waals surface area contributed by atoms with E-state index in [1.54, 1.807) is 0 Å². The van der Waals surface area contributed by atoms with Crippen LogP contribution in [0, 0.1) is 0 Å². The summed E-state index contributed by atoms with van der Waals surface area (Å²) in [7, 11) is 0. The highest BCUT2D eigenvalue weighted by Crippen LogP contribution is 2.32. The molecule has 1 N–H and O–H groups in total. The van der Waals surface area contributed by atoms with E-state index in [-0.39, 0.29) is 0 Å². The van der Waals surface area contributed by atoms with Crippen molar-refractivity contribution in [2.75, 3.05) is 23.0 Å². The summed E-state index contributed by atoms with van der Waals surface area (Å²) in [5.74, 6) is 2.33. The van der Waals surface area contributed by atoms with Crippen molar-refractivity contribution in [1.82, 2.24) is 0 Å². The van der Waals surface area contributed by atoms with Crippen LogP contribution in [0.3, 0.4) is 0 Å². The van der Waals surface area contributed by atoms with Crippen LogP contribution in [0.25, 0.3) is 0 Å². The number of aliphatic hydroxyl groups is 1. The molecule has 1 aliphatic rings. The Bertz CT molecular complexity index is 397. The first-order chi connectivity index (χ1) is 8.09. The van der Waals surface area contributed by atoms with Crippen LogP contribution in [0.4, 0.5) is 5.69 Å². The molecule has 0 amide bonds. The van der Waals surface area contributed by atoms with Crippen LogP contribution in [0.2, 0.25) is 0 Å². The molecule has 2 rings (SSSR count). The van der Waals surface area contributed by atoms with Crippen molar-refractivity contribution in [3.8, 4) is 0 Å². The van der Waals surface area contributed by atoms with Crippen molar-refractivity contribution < 1.29 is 5.11 Å². The third-order valence-corrected chi connectivity index (χ3v) is 4.80. The monoisotopic (exact) mass is 315 g/mol. The number of thioether (sulfide) groups is 1. The summed E-state index contributed by atoms with van der Waals surface area (Å²) in [6.45, 7) is 5.14. The molecule has 1 fully saturated rings. The summed E-state index contributed by atoms with van der Waals surface area (Å²) in [6.07, 6.45) is -0.427. The van der Waals surface area contributed by atoms with Crippen molar-refractivity contribution >= 4 is 33.4 Å². The number of aliphatic hydroxyl groups excluding tert-OH is 1. The largest absolute Gasteiger partial charge is 0.389 e. The second kappa shape index (κ2) is 5.63. The highest BCUT2D eigenvalue weighted by atomic mass is 79.9. The molecule has 0 radical (unpaired) electrons. The van der Waals surface area contributed by atoms with E-state index in [2.05, 4.69) is 39.9 Å². The maximum Gasteiger partial charge on any atom is 0.0782 e. The molecule has 17 heavy (non-hydrogen) atoms. The van der Waals surface area contributed by atoms with Crippen LogP contribution in [-0.4, -0.2) is 29.2 Å². The molecule has 0 spiro atoms. The number of anilines is 1. The SMILES string of the molecule is CC(O)c1cc(Br)ccc1N1CCSCC1C. The average molecular weight is 316 g/mol. The summed E-state index contributed by atoms with van der Waals surface area (Å²) >= 11 is 5.48. The molecule has 1 aromatic rings. The predicted octanol–water partition coefficient (Wildman–Crippen LogP) is 3.44. The fourth-order valence-corrected chi connectivity index (χ4v) is 3.60. The summed E-state index contributed by atoms with van der Waals surface area (Å²) < 4.78 is 1.02. The van der Waals surface area contributed by atoms with Gasteiger partial charge >= 0.3 is 0 Å². The molecule has 1 aliphatic heterocycles. The van der Waals surface area contributed by atoms with Crippen LogP contribution < -0.4 is 4.90 Å². The van der Waals surface area contributed by atoms with Gasteiger partial charge in [0.25, 0.3) is 0 Å². The Kier molecular flexibility index (Phi) is 4.39. The highest BCUT2D eigenvalue weighted by Gasteiger charge is 2.22. The minimum atomic E-state index is -0.427. The van der Waals surface area contributed by atoms with Crippen molar-refractivity contribution in [3.63, 3.8) is 0 Å². The van der Waals surface area contributed by atoms with Gasteiger partial charge in [-0.25, -0.2) is 0 Å². The van der Waals surface area contributed by atoms with Crippen molar-refractivity contribution in [1.29, 1.82) is 0 Å². The lowest BCUT2D eigenvalue weighted by molar-refractivity contribution is 0.199. The molecule has 2 nitrogen and oxygen atoms in total. The molecule has 4 heteroatoms. The lowest BCUT2D eigenvalue weighted by Gasteiger charge is -2.36. The van der Waals surface area contributed by atoms with Crippen LogP contribution in [0.5, 0.6) is 0 Å². The van der Waals surface area contributed by atoms with E-state index in [0.29, 0.717) is 6.04 Å². The number of nitrogens with zero attached hydrogens (tertiary/aromatic N) is 1. The van der Waals surface area contributed by atoms with Crippen LogP contribution >= 0.6 is 27.7 Å². The maximum atomic E-state index is 9.89. The van der Waals surface area contributed by atoms with E-state index in [1.165, 1.54) is 11.4 Å². The van der Waals surface area contributed by atoms with E-state index < -0.39 is 6.10 Å². The number of rotatable bonds is 2. The standard InChI is InChI=1S/C13H18BrNOS/c1-9-8-17-6-5-15(9)13-4-3-11(14)7-12(13)10(2)16/h3-4,7,9-10,16H,5-6,8H2,1-2H3. The van der Waals surface area contributed by atoms with Gasteiger partial charge in [-0.1, -0.05) is 15.9 Å². The molecule has 94 valence electrons. The molecule has 2 atom stereocenters. The normalized spacial score (nSPS) is 22.6. The highest BCUT2D eigenvalue weighted by molar-refractivity contribution is 9.10. The Morgan fingerprint density at radius 1 is 1.53 bits per heavy atom. The lowest BCUT2D eigenvalue weighted by Crippen LogP contribution is -2.41. The molecular weight excluding hydrogens is 298 g/mol. The molecule has 1 saturated heterocycles. The fourth-order valence-electron chi connectivity index (χ4n) is 2.21. The molecule has 0 aliphatic carbocycles. The maximum absolute atomic E-state index is 9.89. The molecule has 0 saturated carbocycles. The van der Waals surface area contributed by atoms with Gasteiger partial charge in [-0.3, -0.25) is 0 Å². The van der Waals surface area contributed by atoms with Gasteiger partial charge in [-0.15, -0.1) is 0 Å². The van der Waals surface area contributed by atoms with E-state index in [0.717, 1.165) is 22.3 Å². The first-order valence-electron chi connectivity index (χ1n) is 5.91. The Morgan fingerprint density at radius 3 is 2.94 bits per heavy atom. The Hall–Kier alpha value is -0.190. The fraction of sp³-hybridized carbons (Fsp3) is 0.538. The van der Waals surface area contributed by atoms with Crippen molar-refractivity contribution in [2.24, 2.45) is 0 Å². The Balaban J connectivity index is 2.36. The number of hydrogen-bond donors (Lipinski definition) is 1. The second-order valence-electron chi connectivity index (χ2n) is 4.50. The molecule has 0 aromatic heterocycles. The molecular formula is C13H18BrNOS. The predicted molar refractivity (Wildman–Crippen MR) is 78.9 cm³/mol. The summed E-state index contributed by atoms with van der Waals surface area (Å²) in [6, 6.07) is 6.72. The smallest absolute Gasteiger partial charge is 0.0782 e. The van der Waals surface area contributed by atoms with E-state index in [9.17, 15) is 5.11 Å². The molecule has 2 unspecified atom stereocenters. The minimum Gasteiger partial charge on any atom is -0.389 e.